The third-order valence-corrected chi connectivity index (χ3v) is 4.79. The number of amides is 2. The second-order valence-electron chi connectivity index (χ2n) is 5.42. The largest absolute Gasteiger partial charge is 0.478 e. The Morgan fingerprint density at radius 2 is 1.79 bits per heavy atom. The number of hydrogen-bond acceptors (Lipinski definition) is 8. The summed E-state index contributed by atoms with van der Waals surface area (Å²) < 4.78 is 36.6. The van der Waals surface area contributed by atoms with E-state index in [2.05, 4.69) is 15.3 Å². The van der Waals surface area contributed by atoms with Gasteiger partial charge >= 0.3 is 12.0 Å². The normalized spacial score (nSPS) is 11.3. The molecule has 150 valence electrons. The fourth-order valence-electron chi connectivity index (χ4n) is 2.29. The molecule has 0 atom stereocenters. The fraction of sp³-hybridized carbons (Fsp3) is 0.250. The van der Waals surface area contributed by atoms with E-state index in [4.69, 9.17) is 14.6 Å². The maximum atomic E-state index is 12.4. The zero-order chi connectivity index (χ0) is 20.9. The van der Waals surface area contributed by atoms with Gasteiger partial charge in [-0.2, -0.15) is 0 Å². The first kappa shape index (κ1) is 21.2. The summed E-state index contributed by atoms with van der Waals surface area (Å²) in [4.78, 5) is 30.8. The van der Waals surface area contributed by atoms with Crippen LogP contribution in [0, 0.1) is 6.92 Å². The number of nitrogens with zero attached hydrogens (tertiary/aromatic N) is 2. The van der Waals surface area contributed by atoms with Crippen molar-refractivity contribution >= 4 is 28.0 Å². The topological polar surface area (TPSA) is 157 Å². The van der Waals surface area contributed by atoms with Crippen LogP contribution in [0.25, 0.3) is 0 Å². The van der Waals surface area contributed by atoms with Crippen LogP contribution in [0.15, 0.2) is 35.2 Å². The number of carbonyl (C=O) groups is 2. The highest BCUT2D eigenvalue weighted by atomic mass is 32.2. The Morgan fingerprint density at radius 3 is 2.39 bits per heavy atom. The van der Waals surface area contributed by atoms with E-state index in [0.717, 1.165) is 12.1 Å². The van der Waals surface area contributed by atoms with Gasteiger partial charge < -0.3 is 14.6 Å². The lowest BCUT2D eigenvalue weighted by molar-refractivity contribution is -0.108. The van der Waals surface area contributed by atoms with E-state index in [1.54, 1.807) is 17.7 Å². The molecule has 2 amide bonds. The molecule has 0 unspecified atom stereocenters. The first-order valence-electron chi connectivity index (χ1n) is 7.75. The standard InChI is InChI=1S/C16H18N4O7S/c1-9-8-11(14(26-2)27-3)18-15(17-9)19-16(23)20-28(24,25)12-7-5-4-6-10(12)13(21)22/h4-8,14H,1-3H3,(H,21,22)(H2,17,18,19,20,23). The molecule has 0 fully saturated rings. The molecule has 3 N–H and O–H groups in total. The van der Waals surface area contributed by atoms with Crippen LogP contribution in [0.4, 0.5) is 10.7 Å². The number of carboxylic acids is 1. The molecule has 28 heavy (non-hydrogen) atoms. The molecule has 0 aliphatic rings. The predicted molar refractivity (Wildman–Crippen MR) is 96.3 cm³/mol. The summed E-state index contributed by atoms with van der Waals surface area (Å²) in [5, 5.41) is 11.3. The molecule has 0 radical (unpaired) electrons. The van der Waals surface area contributed by atoms with Gasteiger partial charge in [0, 0.05) is 19.9 Å². The van der Waals surface area contributed by atoms with Gasteiger partial charge in [-0.05, 0) is 25.1 Å². The number of anilines is 1. The Balaban J connectivity index is 2.24. The Bertz CT molecular complexity index is 990. The number of nitrogens with one attached hydrogen (secondary N) is 2. The number of ether oxygens (including phenoxy) is 2. The van der Waals surface area contributed by atoms with Crippen LogP contribution in [0.5, 0.6) is 0 Å². The Kier molecular flexibility index (Phi) is 6.62. The monoisotopic (exact) mass is 410 g/mol. The summed E-state index contributed by atoms with van der Waals surface area (Å²) in [6, 6.07) is 5.29. The zero-order valence-electron chi connectivity index (χ0n) is 15.2. The SMILES string of the molecule is COC(OC)c1cc(C)nc(NC(=O)NS(=O)(=O)c2ccccc2C(=O)O)n1. The summed E-state index contributed by atoms with van der Waals surface area (Å²) in [6.07, 6.45) is -0.809. The first-order chi connectivity index (χ1) is 13.2. The summed E-state index contributed by atoms with van der Waals surface area (Å²) >= 11 is 0. The number of urea groups is 1. The third kappa shape index (κ3) is 5.00. The summed E-state index contributed by atoms with van der Waals surface area (Å²) in [7, 11) is -1.65. The minimum absolute atomic E-state index is 0.187. The van der Waals surface area contributed by atoms with Crippen molar-refractivity contribution in [2.45, 2.75) is 18.1 Å². The van der Waals surface area contributed by atoms with Crippen LogP contribution in [0.2, 0.25) is 0 Å². The van der Waals surface area contributed by atoms with Crippen molar-refractivity contribution in [1.82, 2.24) is 14.7 Å². The number of benzene rings is 1. The third-order valence-electron chi connectivity index (χ3n) is 3.40. The highest BCUT2D eigenvalue weighted by Crippen LogP contribution is 2.18. The van der Waals surface area contributed by atoms with Crippen LogP contribution in [-0.4, -0.2) is 49.7 Å². The minimum Gasteiger partial charge on any atom is -0.478 e. The van der Waals surface area contributed by atoms with E-state index in [1.165, 1.54) is 26.4 Å². The first-order valence-corrected chi connectivity index (χ1v) is 9.23. The zero-order valence-corrected chi connectivity index (χ0v) is 16.0. The number of carboxylic acid groups (broad SMARTS) is 1. The number of aromatic nitrogens is 2. The van der Waals surface area contributed by atoms with Crippen molar-refractivity contribution in [2.75, 3.05) is 19.5 Å². The number of rotatable bonds is 7. The lowest BCUT2D eigenvalue weighted by Gasteiger charge is -2.14. The van der Waals surface area contributed by atoms with Crippen LogP contribution in [0.1, 0.15) is 28.0 Å². The molecule has 0 saturated carbocycles. The molecule has 0 bridgehead atoms. The lowest BCUT2D eigenvalue weighted by atomic mass is 10.2. The van der Waals surface area contributed by atoms with Crippen molar-refractivity contribution in [3.8, 4) is 0 Å². The van der Waals surface area contributed by atoms with Crippen molar-refractivity contribution in [3.05, 3.63) is 47.3 Å². The van der Waals surface area contributed by atoms with Crippen LogP contribution >= 0.6 is 0 Å². The molecule has 12 heteroatoms. The second-order valence-corrected chi connectivity index (χ2v) is 7.07. The fourth-order valence-corrected chi connectivity index (χ4v) is 3.40. The van der Waals surface area contributed by atoms with Gasteiger partial charge in [0.1, 0.15) is 10.6 Å². The highest BCUT2D eigenvalue weighted by Gasteiger charge is 2.24. The van der Waals surface area contributed by atoms with Crippen molar-refractivity contribution in [2.24, 2.45) is 0 Å². The smallest absolute Gasteiger partial charge is 0.337 e. The average molecular weight is 410 g/mol. The number of hydrogen-bond donors (Lipinski definition) is 3. The van der Waals surface area contributed by atoms with Gasteiger partial charge in [-0.15, -0.1) is 0 Å². The number of aromatic carboxylic acids is 1. The van der Waals surface area contributed by atoms with Crippen molar-refractivity contribution < 1.29 is 32.6 Å². The van der Waals surface area contributed by atoms with Crippen molar-refractivity contribution in [3.63, 3.8) is 0 Å². The quantitative estimate of drug-likeness (QED) is 0.572. The maximum Gasteiger partial charge on any atom is 0.337 e. The molecule has 0 spiro atoms. The van der Waals surface area contributed by atoms with E-state index in [0.29, 0.717) is 11.4 Å². The number of aryl methyl sites for hydroxylation is 1. The van der Waals surface area contributed by atoms with Gasteiger partial charge in [-0.3, -0.25) is 5.32 Å². The predicted octanol–water partition coefficient (Wildman–Crippen LogP) is 1.29. The molecule has 11 nitrogen and oxygen atoms in total. The molecule has 2 rings (SSSR count). The molecular formula is C16H18N4O7S. The summed E-state index contributed by atoms with van der Waals surface area (Å²) in [5.41, 5.74) is 0.310. The van der Waals surface area contributed by atoms with Gasteiger partial charge in [0.2, 0.25) is 12.2 Å². The lowest BCUT2D eigenvalue weighted by Crippen LogP contribution is -2.35. The molecule has 0 aliphatic carbocycles. The van der Waals surface area contributed by atoms with Crippen molar-refractivity contribution in [1.29, 1.82) is 0 Å². The van der Waals surface area contributed by atoms with Gasteiger partial charge in [0.05, 0.1) is 5.56 Å². The van der Waals surface area contributed by atoms with Gasteiger partial charge in [-0.1, -0.05) is 12.1 Å². The van der Waals surface area contributed by atoms with Gasteiger partial charge in [0.25, 0.3) is 10.0 Å². The van der Waals surface area contributed by atoms with Crippen LogP contribution in [0.3, 0.4) is 0 Å². The number of methoxy groups -OCH3 is 2. The minimum atomic E-state index is -4.45. The average Bonchev–Trinajstić information content (AvgIpc) is 2.61. The van der Waals surface area contributed by atoms with Gasteiger partial charge in [0.15, 0.2) is 0 Å². The number of sulfonamides is 1. The molecule has 2 aromatic rings. The van der Waals surface area contributed by atoms with Crippen LogP contribution < -0.4 is 10.0 Å². The molecule has 1 aromatic carbocycles. The van der Waals surface area contributed by atoms with E-state index < -0.39 is 38.8 Å². The second kappa shape index (κ2) is 8.73. The van der Waals surface area contributed by atoms with Gasteiger partial charge in [-0.25, -0.2) is 32.7 Å². The van der Waals surface area contributed by atoms with E-state index in [9.17, 15) is 18.0 Å². The molecule has 0 saturated heterocycles. The Labute approximate surface area is 160 Å². The molecular weight excluding hydrogens is 392 g/mol. The Morgan fingerprint density at radius 1 is 1.14 bits per heavy atom. The van der Waals surface area contributed by atoms with Crippen LogP contribution in [-0.2, 0) is 19.5 Å². The van der Waals surface area contributed by atoms with E-state index >= 15 is 0 Å². The highest BCUT2D eigenvalue weighted by molar-refractivity contribution is 7.90. The summed E-state index contributed by atoms with van der Waals surface area (Å²) in [5.74, 6) is -1.63. The Hall–Kier alpha value is -3.09. The number of carbonyl (C=O) groups excluding carboxylic acids is 1. The maximum absolute atomic E-state index is 12.4. The van der Waals surface area contributed by atoms with E-state index in [1.807, 2.05) is 0 Å². The summed E-state index contributed by atoms with van der Waals surface area (Å²) in [6.45, 7) is 1.64. The molecule has 1 heterocycles. The molecule has 0 aliphatic heterocycles. The molecule has 1 aromatic heterocycles. The van der Waals surface area contributed by atoms with E-state index in [-0.39, 0.29) is 5.95 Å².